The Bertz CT molecular complexity index is 2420. The van der Waals surface area contributed by atoms with Crippen molar-refractivity contribution in [3.63, 3.8) is 0 Å². The van der Waals surface area contributed by atoms with Gasteiger partial charge in [-0.3, -0.25) is 14.4 Å². The zero-order chi connectivity index (χ0) is 62.7. The minimum atomic E-state index is -4.24. The van der Waals surface area contributed by atoms with Gasteiger partial charge in [0.2, 0.25) is 0 Å². The monoisotopic (exact) mass is 1470 g/mol. The number of quaternary nitrogens is 2. The zero-order valence-corrected chi connectivity index (χ0v) is 61.7. The van der Waals surface area contributed by atoms with Crippen molar-refractivity contribution < 1.29 is 110 Å². The predicted molar refractivity (Wildman–Crippen MR) is 331 cm³/mol. The third kappa shape index (κ3) is 46.7. The molecule has 2 aromatic heterocycles. The first-order valence-corrected chi connectivity index (χ1v) is 36.0. The van der Waals surface area contributed by atoms with Gasteiger partial charge in [0.05, 0.1) is 104 Å². The molecular formula is C54H100Br2N8O14P2S2V2. The second-order valence-corrected chi connectivity index (χ2v) is 31.8. The van der Waals surface area contributed by atoms with Crippen LogP contribution in [0.1, 0.15) is 162 Å². The second kappa shape index (κ2) is 45.0. The van der Waals surface area contributed by atoms with Gasteiger partial charge in [-0.05, 0) is 99.8 Å². The Kier molecular flexibility index (Phi) is 46.5. The number of aromatic nitrogens is 6. The van der Waals surface area contributed by atoms with Gasteiger partial charge in [0, 0.05) is 84.5 Å². The van der Waals surface area contributed by atoms with E-state index in [1.165, 1.54) is 44.9 Å². The molecule has 3 unspecified atom stereocenters. The van der Waals surface area contributed by atoms with E-state index in [9.17, 15) is 45.1 Å². The molecule has 30 heteroatoms. The van der Waals surface area contributed by atoms with E-state index in [1.807, 2.05) is 49.5 Å². The average Bonchev–Trinajstić information content (AvgIpc) is 4.13. The Morgan fingerprint density at radius 1 is 0.560 bits per heavy atom. The van der Waals surface area contributed by atoms with Gasteiger partial charge in [0.15, 0.2) is 0 Å². The number of halogens is 2. The predicted octanol–water partition coefficient (Wildman–Crippen LogP) is 8.74. The summed E-state index contributed by atoms with van der Waals surface area (Å²) in [4.78, 5) is 48.2. The summed E-state index contributed by atoms with van der Waals surface area (Å²) < 4.78 is 88.0. The quantitative estimate of drug-likeness (QED) is 0.00877. The molecule has 486 valence electrons. The summed E-state index contributed by atoms with van der Waals surface area (Å²) in [6.45, 7) is 21.3. The maximum absolute atomic E-state index is 12.8. The van der Waals surface area contributed by atoms with Crippen LogP contribution in [0.2, 0.25) is 0 Å². The number of rotatable bonds is 42. The van der Waals surface area contributed by atoms with Gasteiger partial charge in [-0.1, -0.05) is 113 Å². The molecule has 3 atom stereocenters. The van der Waals surface area contributed by atoms with E-state index in [0.717, 1.165) is 69.2 Å². The normalized spacial score (nSPS) is 13.0. The summed E-state index contributed by atoms with van der Waals surface area (Å²) in [5.41, 5.74) is 1.62. The Morgan fingerprint density at radius 2 is 0.905 bits per heavy atom. The van der Waals surface area contributed by atoms with Crippen LogP contribution < -0.4 is 0 Å². The summed E-state index contributed by atoms with van der Waals surface area (Å²) >= 11 is 6.75. The fourth-order valence-electron chi connectivity index (χ4n) is 7.91. The molecule has 0 saturated heterocycles. The molecule has 2 heterocycles. The van der Waals surface area contributed by atoms with Gasteiger partial charge in [-0.15, -0.1) is 10.2 Å². The second-order valence-electron chi connectivity index (χ2n) is 23.3. The van der Waals surface area contributed by atoms with Crippen LogP contribution in [0, 0.1) is 5.41 Å². The third-order valence-corrected chi connectivity index (χ3v) is 16.8. The molecule has 84 heavy (non-hydrogen) atoms. The van der Waals surface area contributed by atoms with Crippen molar-refractivity contribution >= 4 is 93.4 Å². The van der Waals surface area contributed by atoms with Gasteiger partial charge < -0.3 is 37.0 Å². The summed E-state index contributed by atoms with van der Waals surface area (Å²) in [5.74, 6) is -2.21. The summed E-state index contributed by atoms with van der Waals surface area (Å²) in [6, 6.07) is 0. The minimum absolute atomic E-state index is 0. The van der Waals surface area contributed by atoms with E-state index < -0.39 is 52.0 Å². The maximum atomic E-state index is 12.8. The van der Waals surface area contributed by atoms with Crippen LogP contribution in [0.5, 0.6) is 0 Å². The largest absolute Gasteiger partial charge is 0.748 e. The molecule has 2 radical (unpaired) electrons. The van der Waals surface area contributed by atoms with Gasteiger partial charge in [-0.25, -0.2) is 30.5 Å². The molecule has 0 fully saturated rings. The van der Waals surface area contributed by atoms with Crippen molar-refractivity contribution in [2.24, 2.45) is 5.41 Å². The number of aryl methyl sites for hydroxylation is 2. The molecule has 0 bridgehead atoms. The Morgan fingerprint density at radius 3 is 1.25 bits per heavy atom. The first kappa shape index (κ1) is 86.8. The van der Waals surface area contributed by atoms with E-state index in [0.29, 0.717) is 77.8 Å². The molecule has 0 N–H and O–H groups in total. The molecule has 0 spiro atoms. The number of hydrogen-bond donors (Lipinski definition) is 0. The fraction of sp³-hybridized carbons (Fsp3) is 0.815. The van der Waals surface area contributed by atoms with Crippen LogP contribution in [0.15, 0.2) is 24.5 Å². The number of unbranched alkanes of at least 4 members (excludes halogenated alkanes) is 12. The third-order valence-electron chi connectivity index (χ3n) is 12.9. The van der Waals surface area contributed by atoms with Gasteiger partial charge in [0.25, 0.3) is 0 Å². The molecule has 0 aliphatic rings. The van der Waals surface area contributed by atoms with E-state index in [2.05, 4.69) is 72.4 Å². The van der Waals surface area contributed by atoms with Crippen molar-refractivity contribution in [1.29, 1.82) is 0 Å². The first-order chi connectivity index (χ1) is 37.9. The van der Waals surface area contributed by atoms with Crippen LogP contribution in [-0.2, 0) is 108 Å². The van der Waals surface area contributed by atoms with Crippen LogP contribution in [0.4, 0.5) is 0 Å². The van der Waals surface area contributed by atoms with Gasteiger partial charge in [-0.2, -0.15) is 0 Å². The van der Waals surface area contributed by atoms with Crippen LogP contribution in [0.25, 0.3) is 0 Å². The number of nitrogens with zero attached hydrogens (tertiary/aromatic N) is 8. The SMILES string of the molecule is C=C(C)C(=O)OCC[N+](C)(C)CCCS(=O)(=O)[O-].CPn1cc(CCCCCCCCCOC(=O)C(C)(C)Br)nn1.CPn1cc(CCCCCCCCCOC(=O)C(C)(C)CC(C)(Br)C(=O)OCC[N+](C)(C)CCCS(=O)(=O)[O-])nn1.[V].[V]. The number of alkyl halides is 2. The number of esters is 4. The van der Waals surface area contributed by atoms with E-state index in [4.69, 9.17) is 18.9 Å². The van der Waals surface area contributed by atoms with Crippen LogP contribution in [0.3, 0.4) is 0 Å². The smallest absolute Gasteiger partial charge is 0.333 e. The van der Waals surface area contributed by atoms with E-state index >= 15 is 0 Å². The summed E-state index contributed by atoms with van der Waals surface area (Å²) in [6.07, 6.45) is 22.6. The van der Waals surface area contributed by atoms with Gasteiger partial charge >= 0.3 is 23.9 Å². The molecule has 0 aliphatic carbocycles. The van der Waals surface area contributed by atoms with E-state index in [-0.39, 0.29) is 80.9 Å². The number of carbonyl (C=O) groups is 4. The molecule has 0 aromatic carbocycles. The number of carbonyl (C=O) groups excluding carboxylic acids is 4. The van der Waals surface area contributed by atoms with Crippen LogP contribution >= 0.6 is 49.3 Å². The molecule has 2 aromatic rings. The minimum Gasteiger partial charge on any atom is -0.748 e. The van der Waals surface area contributed by atoms with Gasteiger partial charge in [0.1, 0.15) is 35.0 Å². The molecule has 22 nitrogen and oxygen atoms in total. The Hall–Kier alpha value is -1.37. The summed E-state index contributed by atoms with van der Waals surface area (Å²) in [5, 5.41) is 16.5. The number of likely N-dealkylation sites (N-methyl/N-ethyl adjacent to an activating group) is 2. The Labute approximate surface area is 548 Å². The van der Waals surface area contributed by atoms with E-state index in [1.54, 1.807) is 41.5 Å². The number of hydrogen-bond acceptors (Lipinski definition) is 18. The standard InChI is InChI=1S/C27H50BrN4O7PS.C16H29BrN3O2P.C11H21NO5S.2V/c1-26(2,22-27(3,28)25(34)39-19-17-32(4,5)16-14-20-41(35,36)37)24(33)38-18-13-11-9-7-8-10-12-15-23-21-31(40-6)30-29-23;1-16(2,17)15(21)22-12-10-8-6-4-5-7-9-11-14-13-20(23-3)19-18-14;1-10(2)11(13)17-8-7-12(3,4)6-5-9-18(14,15)16;;/h21,40H,7-20,22H2,1-6H3;13,23H,4-12H2,1-3H3;1,5-9H2,2-4H3;;. The average molecular weight is 1470 g/mol. The Balaban J connectivity index is -0.00000129. The first-order valence-electron chi connectivity index (χ1n) is 28.4. The molecule has 0 aliphatic heterocycles. The summed E-state index contributed by atoms with van der Waals surface area (Å²) in [7, 11) is 0.402. The van der Waals surface area contributed by atoms with Crippen molar-refractivity contribution in [3.8, 4) is 0 Å². The zero-order valence-electron chi connectivity index (χ0n) is 52.1. The van der Waals surface area contributed by atoms with Crippen LogP contribution in [-0.4, -0.2) is 203 Å². The van der Waals surface area contributed by atoms with Crippen molar-refractivity contribution in [2.75, 3.05) is 106 Å². The van der Waals surface area contributed by atoms with Crippen molar-refractivity contribution in [2.45, 2.75) is 172 Å². The fourth-order valence-corrected chi connectivity index (χ4v) is 10.6. The topological polar surface area (TPSA) is 281 Å². The number of ether oxygens (including phenoxy) is 4. The maximum Gasteiger partial charge on any atom is 0.333 e. The molecule has 0 saturated carbocycles. The van der Waals surface area contributed by atoms with Crippen molar-refractivity contribution in [3.05, 3.63) is 35.9 Å². The molecular weight excluding hydrogens is 1370 g/mol. The van der Waals surface area contributed by atoms with Crippen molar-refractivity contribution in [1.82, 2.24) is 29.5 Å². The molecule has 2 rings (SSSR count). The molecule has 0 amide bonds.